The average molecular weight is 288 g/mol. The maximum atomic E-state index is 12.0. The number of benzene rings is 1. The van der Waals surface area contributed by atoms with Gasteiger partial charge in [0.05, 0.1) is 11.2 Å². The largest absolute Gasteiger partial charge is 0.469 e. The summed E-state index contributed by atoms with van der Waals surface area (Å²) in [6.07, 6.45) is 3.12. The quantitative estimate of drug-likeness (QED) is 0.654. The van der Waals surface area contributed by atoms with Crippen molar-refractivity contribution in [2.45, 2.75) is 25.8 Å². The molecule has 0 saturated heterocycles. The van der Waals surface area contributed by atoms with Gasteiger partial charge in [-0.25, -0.2) is 0 Å². The van der Waals surface area contributed by atoms with Crippen LogP contribution in [0.15, 0.2) is 47.1 Å². The second-order valence-electron chi connectivity index (χ2n) is 4.80. The Hall–Kier alpha value is -2.63. The number of aryl methyl sites for hydroxylation is 1. The summed E-state index contributed by atoms with van der Waals surface area (Å²) in [5.41, 5.74) is 0.378. The molecule has 0 unspecified atom stereocenters. The molecule has 0 aliphatic heterocycles. The van der Waals surface area contributed by atoms with Crippen LogP contribution in [-0.2, 0) is 6.42 Å². The molecule has 0 aliphatic rings. The Balaban J connectivity index is 1.86. The molecule has 0 bridgehead atoms. The van der Waals surface area contributed by atoms with E-state index < -0.39 is 4.92 Å². The van der Waals surface area contributed by atoms with Gasteiger partial charge < -0.3 is 9.73 Å². The third-order valence-corrected chi connectivity index (χ3v) is 3.12. The Bertz CT molecular complexity index is 605. The highest BCUT2D eigenvalue weighted by Crippen LogP contribution is 2.12. The number of nitro benzene ring substituents is 1. The molecule has 0 aliphatic carbocycles. The number of amides is 1. The molecule has 110 valence electrons. The lowest BCUT2D eigenvalue weighted by molar-refractivity contribution is -0.384. The molecule has 6 nitrogen and oxygen atoms in total. The van der Waals surface area contributed by atoms with Crippen molar-refractivity contribution in [1.29, 1.82) is 0 Å². The SMILES string of the molecule is C[C@H](CCc1ccco1)NC(=O)c1ccc([N+](=O)[O-])cc1. The zero-order valence-electron chi connectivity index (χ0n) is 11.6. The van der Waals surface area contributed by atoms with Crippen LogP contribution < -0.4 is 5.32 Å². The van der Waals surface area contributed by atoms with Gasteiger partial charge in [-0.15, -0.1) is 0 Å². The molecule has 0 saturated carbocycles. The third kappa shape index (κ3) is 4.17. The molecule has 1 aromatic heterocycles. The molecule has 1 amide bonds. The molecule has 1 heterocycles. The van der Waals surface area contributed by atoms with E-state index in [9.17, 15) is 14.9 Å². The van der Waals surface area contributed by atoms with Gasteiger partial charge in [-0.1, -0.05) is 0 Å². The molecule has 1 N–H and O–H groups in total. The van der Waals surface area contributed by atoms with Crippen LogP contribution in [0.3, 0.4) is 0 Å². The van der Waals surface area contributed by atoms with Crippen molar-refractivity contribution < 1.29 is 14.1 Å². The van der Waals surface area contributed by atoms with Crippen molar-refractivity contribution in [3.63, 3.8) is 0 Å². The number of rotatable bonds is 6. The molecule has 0 fully saturated rings. The van der Waals surface area contributed by atoms with Crippen molar-refractivity contribution in [2.24, 2.45) is 0 Å². The minimum Gasteiger partial charge on any atom is -0.469 e. The summed E-state index contributed by atoms with van der Waals surface area (Å²) in [6, 6.07) is 9.25. The lowest BCUT2D eigenvalue weighted by atomic mass is 10.1. The van der Waals surface area contributed by atoms with Gasteiger partial charge in [0.1, 0.15) is 5.76 Å². The van der Waals surface area contributed by atoms with E-state index in [0.29, 0.717) is 5.56 Å². The van der Waals surface area contributed by atoms with Crippen molar-refractivity contribution in [3.8, 4) is 0 Å². The van der Waals surface area contributed by atoms with Gasteiger partial charge in [-0.3, -0.25) is 14.9 Å². The summed E-state index contributed by atoms with van der Waals surface area (Å²) in [4.78, 5) is 22.1. The number of carbonyl (C=O) groups excluding carboxylic acids is 1. The zero-order chi connectivity index (χ0) is 15.2. The molecule has 1 atom stereocenters. The number of hydrogen-bond donors (Lipinski definition) is 1. The Morgan fingerprint density at radius 2 is 2.05 bits per heavy atom. The predicted octanol–water partition coefficient (Wildman–Crippen LogP) is 2.94. The van der Waals surface area contributed by atoms with E-state index in [4.69, 9.17) is 4.42 Å². The van der Waals surface area contributed by atoms with Gasteiger partial charge in [0.15, 0.2) is 0 Å². The highest BCUT2D eigenvalue weighted by atomic mass is 16.6. The average Bonchev–Trinajstić information content (AvgIpc) is 2.98. The van der Waals surface area contributed by atoms with E-state index in [2.05, 4.69) is 5.32 Å². The maximum Gasteiger partial charge on any atom is 0.269 e. The Morgan fingerprint density at radius 1 is 1.33 bits per heavy atom. The highest BCUT2D eigenvalue weighted by Gasteiger charge is 2.12. The topological polar surface area (TPSA) is 85.4 Å². The number of nitrogens with one attached hydrogen (secondary N) is 1. The lowest BCUT2D eigenvalue weighted by Gasteiger charge is -2.13. The first-order valence-corrected chi connectivity index (χ1v) is 6.64. The molecule has 2 rings (SSSR count). The van der Waals surface area contributed by atoms with Crippen LogP contribution >= 0.6 is 0 Å². The first-order valence-electron chi connectivity index (χ1n) is 6.64. The number of hydrogen-bond acceptors (Lipinski definition) is 4. The highest BCUT2D eigenvalue weighted by molar-refractivity contribution is 5.94. The Kier molecular flexibility index (Phi) is 4.71. The van der Waals surface area contributed by atoms with Crippen molar-refractivity contribution >= 4 is 11.6 Å². The van der Waals surface area contributed by atoms with E-state index in [0.717, 1.165) is 18.6 Å². The second kappa shape index (κ2) is 6.69. The van der Waals surface area contributed by atoms with Crippen LogP contribution in [0.2, 0.25) is 0 Å². The number of nitro groups is 1. The standard InChI is InChI=1S/C15H16N2O4/c1-11(4-9-14-3-2-10-21-14)16-15(18)12-5-7-13(8-6-12)17(19)20/h2-3,5-8,10-11H,4,9H2,1H3,(H,16,18)/t11-/m1/s1. The fourth-order valence-corrected chi connectivity index (χ4v) is 1.93. The Labute approximate surface area is 121 Å². The number of furan rings is 1. The number of carbonyl (C=O) groups is 1. The van der Waals surface area contributed by atoms with Gasteiger partial charge in [-0.2, -0.15) is 0 Å². The van der Waals surface area contributed by atoms with Crippen LogP contribution in [0.25, 0.3) is 0 Å². The minimum absolute atomic E-state index is 0.0159. The van der Waals surface area contributed by atoms with Crippen LogP contribution in [0.4, 0.5) is 5.69 Å². The summed E-state index contributed by atoms with van der Waals surface area (Å²) in [7, 11) is 0. The first-order chi connectivity index (χ1) is 10.1. The second-order valence-corrected chi connectivity index (χ2v) is 4.80. The Morgan fingerprint density at radius 3 is 2.62 bits per heavy atom. The predicted molar refractivity (Wildman–Crippen MR) is 77.1 cm³/mol. The van der Waals surface area contributed by atoms with Crippen molar-refractivity contribution in [3.05, 3.63) is 64.1 Å². The van der Waals surface area contributed by atoms with Gasteiger partial charge >= 0.3 is 0 Å². The van der Waals surface area contributed by atoms with Crippen molar-refractivity contribution in [1.82, 2.24) is 5.32 Å². The smallest absolute Gasteiger partial charge is 0.269 e. The van der Waals surface area contributed by atoms with Crippen LogP contribution in [0.5, 0.6) is 0 Å². The molecule has 1 aromatic carbocycles. The molecule has 0 radical (unpaired) electrons. The number of nitrogens with zero attached hydrogens (tertiary/aromatic N) is 1. The minimum atomic E-state index is -0.492. The van der Waals surface area contributed by atoms with Gasteiger partial charge in [-0.05, 0) is 37.6 Å². The molecule has 21 heavy (non-hydrogen) atoms. The summed E-state index contributed by atoms with van der Waals surface area (Å²) in [5.74, 6) is 0.642. The van der Waals surface area contributed by atoms with Gasteiger partial charge in [0.2, 0.25) is 0 Å². The van der Waals surface area contributed by atoms with E-state index in [1.54, 1.807) is 6.26 Å². The van der Waals surface area contributed by atoms with E-state index in [1.807, 2.05) is 19.1 Å². The summed E-state index contributed by atoms with van der Waals surface area (Å²) < 4.78 is 5.23. The van der Waals surface area contributed by atoms with Gasteiger partial charge in [0.25, 0.3) is 11.6 Å². The fraction of sp³-hybridized carbons (Fsp3) is 0.267. The summed E-state index contributed by atoms with van der Waals surface area (Å²) in [5, 5.41) is 13.4. The first kappa shape index (κ1) is 14.8. The third-order valence-electron chi connectivity index (χ3n) is 3.12. The normalized spacial score (nSPS) is 11.9. The summed E-state index contributed by atoms with van der Waals surface area (Å²) in [6.45, 7) is 1.91. The maximum absolute atomic E-state index is 12.0. The van der Waals surface area contributed by atoms with Crippen LogP contribution in [-0.4, -0.2) is 16.9 Å². The number of non-ortho nitro benzene ring substituents is 1. The molecule has 6 heteroatoms. The van der Waals surface area contributed by atoms with E-state index in [-0.39, 0.29) is 17.6 Å². The lowest BCUT2D eigenvalue weighted by Crippen LogP contribution is -2.32. The zero-order valence-corrected chi connectivity index (χ0v) is 11.6. The van der Waals surface area contributed by atoms with E-state index >= 15 is 0 Å². The van der Waals surface area contributed by atoms with Crippen LogP contribution in [0, 0.1) is 10.1 Å². The summed E-state index contributed by atoms with van der Waals surface area (Å²) >= 11 is 0. The molecular formula is C15H16N2O4. The fourth-order valence-electron chi connectivity index (χ4n) is 1.93. The monoisotopic (exact) mass is 288 g/mol. The van der Waals surface area contributed by atoms with E-state index in [1.165, 1.54) is 24.3 Å². The molecular weight excluding hydrogens is 272 g/mol. The van der Waals surface area contributed by atoms with Gasteiger partial charge in [0, 0.05) is 30.2 Å². The molecule has 2 aromatic rings. The van der Waals surface area contributed by atoms with Crippen LogP contribution in [0.1, 0.15) is 29.5 Å². The molecule has 0 spiro atoms. The van der Waals surface area contributed by atoms with Crippen molar-refractivity contribution in [2.75, 3.05) is 0 Å².